The molecule has 1 unspecified atom stereocenters. The number of hydrogen-bond donors (Lipinski definition) is 0. The Bertz CT molecular complexity index is 958. The third-order valence-electron chi connectivity index (χ3n) is 5.00. The van der Waals surface area contributed by atoms with Gasteiger partial charge in [-0.15, -0.1) is 0 Å². The Morgan fingerprint density at radius 1 is 0.862 bits per heavy atom. The summed E-state index contributed by atoms with van der Waals surface area (Å²) in [6, 6.07) is 26.2. The van der Waals surface area contributed by atoms with E-state index in [0.29, 0.717) is 5.75 Å². The number of cyclic esters (lactones) is 1. The van der Waals surface area contributed by atoms with Crippen LogP contribution in [0.3, 0.4) is 0 Å². The van der Waals surface area contributed by atoms with E-state index in [2.05, 4.69) is 0 Å². The predicted molar refractivity (Wildman–Crippen MR) is 112 cm³/mol. The van der Waals surface area contributed by atoms with Gasteiger partial charge in [-0.2, -0.15) is 0 Å². The third kappa shape index (κ3) is 3.66. The molecule has 4 nitrogen and oxygen atoms in total. The first kappa shape index (κ1) is 19.3. The number of thioether (sulfide) groups is 1. The Labute approximate surface area is 173 Å². The van der Waals surface area contributed by atoms with Crippen molar-refractivity contribution in [1.82, 2.24) is 0 Å². The van der Waals surface area contributed by atoms with E-state index < -0.39 is 16.8 Å². The zero-order valence-corrected chi connectivity index (χ0v) is 16.7. The minimum absolute atomic E-state index is 0.0829. The zero-order valence-electron chi connectivity index (χ0n) is 15.9. The van der Waals surface area contributed by atoms with E-state index in [1.807, 2.05) is 78.9 Å². The van der Waals surface area contributed by atoms with Crippen molar-refractivity contribution in [3.8, 4) is 5.75 Å². The normalized spacial score (nSPS) is 18.2. The van der Waals surface area contributed by atoms with Gasteiger partial charge < -0.3 is 9.47 Å². The van der Waals surface area contributed by atoms with Crippen molar-refractivity contribution in [2.45, 2.75) is 22.2 Å². The van der Waals surface area contributed by atoms with Crippen LogP contribution in [0.15, 0.2) is 89.8 Å². The quantitative estimate of drug-likeness (QED) is 0.459. The Balaban J connectivity index is 1.70. The van der Waals surface area contributed by atoms with Gasteiger partial charge in [0.25, 0.3) is 0 Å². The topological polar surface area (TPSA) is 52.6 Å². The van der Waals surface area contributed by atoms with E-state index in [9.17, 15) is 9.59 Å². The molecule has 0 N–H and O–H groups in total. The Hall–Kier alpha value is -3.05. The lowest BCUT2D eigenvalue weighted by atomic mass is 9.80. The maximum Gasteiger partial charge on any atom is 0.328 e. The van der Waals surface area contributed by atoms with Crippen LogP contribution in [0.2, 0.25) is 0 Å². The van der Waals surface area contributed by atoms with Crippen molar-refractivity contribution >= 4 is 23.5 Å². The molecule has 1 saturated heterocycles. The van der Waals surface area contributed by atoms with Crippen LogP contribution in [0.4, 0.5) is 0 Å². The molecule has 1 aliphatic rings. The highest BCUT2D eigenvalue weighted by atomic mass is 32.2. The second-order valence-corrected chi connectivity index (χ2v) is 7.92. The van der Waals surface area contributed by atoms with E-state index in [4.69, 9.17) is 9.47 Å². The van der Waals surface area contributed by atoms with Crippen molar-refractivity contribution in [3.05, 3.63) is 96.1 Å². The van der Waals surface area contributed by atoms with Crippen LogP contribution < -0.4 is 4.74 Å². The first-order chi connectivity index (χ1) is 14.1. The highest BCUT2D eigenvalue weighted by molar-refractivity contribution is 8.01. The summed E-state index contributed by atoms with van der Waals surface area (Å²) < 4.78 is 11.4. The van der Waals surface area contributed by atoms with Crippen LogP contribution in [0.5, 0.6) is 5.75 Å². The molecule has 1 aliphatic heterocycles. The van der Waals surface area contributed by atoms with Crippen LogP contribution >= 0.6 is 11.8 Å². The SMILES string of the molecule is COc1ccccc1SC1C(=O)CC(c2ccccc2)(c2ccccc2)OC1=O. The molecule has 29 heavy (non-hydrogen) atoms. The van der Waals surface area contributed by atoms with Crippen LogP contribution in [0, 0.1) is 0 Å². The lowest BCUT2D eigenvalue weighted by Gasteiger charge is -2.39. The summed E-state index contributed by atoms with van der Waals surface area (Å²) in [6.07, 6.45) is 0.0829. The van der Waals surface area contributed by atoms with E-state index in [1.54, 1.807) is 13.2 Å². The molecule has 0 aliphatic carbocycles. The lowest BCUT2D eigenvalue weighted by molar-refractivity contribution is -0.165. The van der Waals surface area contributed by atoms with Crippen molar-refractivity contribution in [1.29, 1.82) is 0 Å². The maximum absolute atomic E-state index is 13.2. The average molecular weight is 404 g/mol. The van der Waals surface area contributed by atoms with Gasteiger partial charge in [0.15, 0.2) is 16.6 Å². The van der Waals surface area contributed by atoms with Gasteiger partial charge in [0.1, 0.15) is 5.75 Å². The van der Waals surface area contributed by atoms with Gasteiger partial charge in [0.05, 0.1) is 18.4 Å². The molecule has 5 heteroatoms. The molecule has 0 radical (unpaired) electrons. The second kappa shape index (κ2) is 8.13. The monoisotopic (exact) mass is 404 g/mol. The summed E-state index contributed by atoms with van der Waals surface area (Å²) in [5.74, 6) is -0.0734. The molecule has 0 bridgehead atoms. The molecule has 0 aromatic heterocycles. The van der Waals surface area contributed by atoms with Crippen molar-refractivity contribution in [2.24, 2.45) is 0 Å². The smallest absolute Gasteiger partial charge is 0.328 e. The molecule has 0 saturated carbocycles. The van der Waals surface area contributed by atoms with Gasteiger partial charge in [-0.05, 0) is 12.1 Å². The third-order valence-corrected chi connectivity index (χ3v) is 6.28. The molecular formula is C24H20O4S. The molecule has 4 rings (SSSR count). The standard InChI is InChI=1S/C24H20O4S/c1-27-20-14-8-9-15-21(20)29-22-19(25)16-24(28-23(22)26,17-10-4-2-5-11-17)18-12-6-3-7-13-18/h2-15,22H,16H2,1H3. The molecule has 0 amide bonds. The number of rotatable bonds is 5. The van der Waals surface area contributed by atoms with Gasteiger partial charge in [-0.25, -0.2) is 0 Å². The largest absolute Gasteiger partial charge is 0.496 e. The van der Waals surface area contributed by atoms with Crippen LogP contribution in [0.25, 0.3) is 0 Å². The first-order valence-corrected chi connectivity index (χ1v) is 10.2. The number of carbonyl (C=O) groups is 2. The average Bonchev–Trinajstić information content (AvgIpc) is 2.77. The van der Waals surface area contributed by atoms with E-state index in [0.717, 1.165) is 16.0 Å². The minimum atomic E-state index is -1.12. The molecule has 3 aromatic carbocycles. The number of esters is 1. The van der Waals surface area contributed by atoms with Gasteiger partial charge >= 0.3 is 5.97 Å². The second-order valence-electron chi connectivity index (χ2n) is 6.77. The fourth-order valence-corrected chi connectivity index (χ4v) is 4.63. The number of ether oxygens (including phenoxy) is 2. The highest BCUT2D eigenvalue weighted by Gasteiger charge is 2.49. The van der Waals surface area contributed by atoms with Crippen LogP contribution in [-0.2, 0) is 19.9 Å². The molecule has 146 valence electrons. The summed E-state index contributed by atoms with van der Waals surface area (Å²) in [6.45, 7) is 0. The molecule has 0 spiro atoms. The van der Waals surface area contributed by atoms with Crippen molar-refractivity contribution in [3.63, 3.8) is 0 Å². The summed E-state index contributed by atoms with van der Waals surface area (Å²) in [5.41, 5.74) is 0.455. The lowest BCUT2D eigenvalue weighted by Crippen LogP contribution is -2.48. The van der Waals surface area contributed by atoms with E-state index >= 15 is 0 Å². The Morgan fingerprint density at radius 3 is 1.97 bits per heavy atom. The highest BCUT2D eigenvalue weighted by Crippen LogP contribution is 2.44. The predicted octanol–water partition coefficient (Wildman–Crippen LogP) is 4.62. The number of ketones is 1. The fraction of sp³-hybridized carbons (Fsp3) is 0.167. The number of benzene rings is 3. The summed E-state index contributed by atoms with van der Waals surface area (Å²) in [5, 5.41) is -0.924. The first-order valence-electron chi connectivity index (χ1n) is 9.30. The fourth-order valence-electron chi connectivity index (χ4n) is 3.59. The molecule has 1 atom stereocenters. The molecule has 3 aromatic rings. The van der Waals surface area contributed by atoms with Crippen molar-refractivity contribution < 1.29 is 19.1 Å². The minimum Gasteiger partial charge on any atom is -0.496 e. The number of hydrogen-bond acceptors (Lipinski definition) is 5. The van der Waals surface area contributed by atoms with Gasteiger partial charge in [-0.1, -0.05) is 84.6 Å². The number of methoxy groups -OCH3 is 1. The molecular weight excluding hydrogens is 384 g/mol. The molecule has 1 fully saturated rings. The Morgan fingerprint density at radius 2 is 1.41 bits per heavy atom. The van der Waals surface area contributed by atoms with Gasteiger partial charge in [-0.3, -0.25) is 9.59 Å². The summed E-state index contributed by atoms with van der Waals surface area (Å²) in [7, 11) is 1.57. The maximum atomic E-state index is 13.2. The van der Waals surface area contributed by atoms with Gasteiger partial charge in [0.2, 0.25) is 0 Å². The molecule has 1 heterocycles. The summed E-state index contributed by atoms with van der Waals surface area (Å²) >= 11 is 1.17. The summed E-state index contributed by atoms with van der Waals surface area (Å²) in [4.78, 5) is 27.0. The Kier molecular flexibility index (Phi) is 5.41. The van der Waals surface area contributed by atoms with Crippen LogP contribution in [-0.4, -0.2) is 24.1 Å². The number of carbonyl (C=O) groups excluding carboxylic acids is 2. The number of para-hydroxylation sites is 1. The van der Waals surface area contributed by atoms with E-state index in [-0.39, 0.29) is 12.2 Å². The van der Waals surface area contributed by atoms with Gasteiger partial charge in [0, 0.05) is 11.1 Å². The van der Waals surface area contributed by atoms with Crippen molar-refractivity contribution in [2.75, 3.05) is 7.11 Å². The van der Waals surface area contributed by atoms with Crippen LogP contribution in [0.1, 0.15) is 17.5 Å². The number of Topliss-reactive ketones (excluding diaryl/α,β-unsaturated/α-hetero) is 1. The van der Waals surface area contributed by atoms with E-state index in [1.165, 1.54) is 11.8 Å². The zero-order chi connectivity index (χ0) is 20.3.